The summed E-state index contributed by atoms with van der Waals surface area (Å²) in [5, 5.41) is 3.52. The number of likely N-dealkylation sites (tertiary alicyclic amines) is 1. The predicted octanol–water partition coefficient (Wildman–Crippen LogP) is 2.33. The first-order chi connectivity index (χ1) is 10.0. The minimum absolute atomic E-state index is 0.0723. The lowest BCUT2D eigenvalue weighted by atomic mass is 10.0. The van der Waals surface area contributed by atoms with Gasteiger partial charge in [0.15, 0.2) is 0 Å². The minimum Gasteiger partial charge on any atom is -0.370 e. The summed E-state index contributed by atoms with van der Waals surface area (Å²) in [6.07, 6.45) is 1.98. The van der Waals surface area contributed by atoms with E-state index in [1.54, 1.807) is 12.1 Å². The number of halogens is 1. The number of nitrogens with zero attached hydrogens (tertiary/aromatic N) is 3. The zero-order valence-corrected chi connectivity index (χ0v) is 13.7. The zero-order chi connectivity index (χ0) is 15.4. The number of nitrogens with one attached hydrogen (secondary N) is 1. The van der Waals surface area contributed by atoms with Gasteiger partial charge in [-0.3, -0.25) is 4.79 Å². The predicted molar refractivity (Wildman–Crippen MR) is 86.0 cm³/mol. The Balaban J connectivity index is 2.08. The van der Waals surface area contributed by atoms with Crippen molar-refractivity contribution in [1.29, 1.82) is 0 Å². The Labute approximate surface area is 131 Å². The molecule has 21 heavy (non-hydrogen) atoms. The molecular formula is C15H23ClN4O. The number of rotatable bonds is 4. The van der Waals surface area contributed by atoms with Crippen molar-refractivity contribution < 1.29 is 4.79 Å². The number of pyridine rings is 1. The normalized spacial score (nSPS) is 16.3. The SMILES string of the molecule is CCNc1ccc(Cl)c(C(=O)N2CCC(N(C)C)CC2)n1. The van der Waals surface area contributed by atoms with Gasteiger partial charge >= 0.3 is 0 Å². The van der Waals surface area contributed by atoms with E-state index in [4.69, 9.17) is 11.6 Å². The van der Waals surface area contributed by atoms with Crippen LogP contribution in [0.25, 0.3) is 0 Å². The molecule has 1 fully saturated rings. The summed E-state index contributed by atoms with van der Waals surface area (Å²) in [6, 6.07) is 4.07. The first kappa shape index (κ1) is 16.0. The largest absolute Gasteiger partial charge is 0.370 e. The van der Waals surface area contributed by atoms with E-state index in [1.165, 1.54) is 0 Å². The van der Waals surface area contributed by atoms with E-state index >= 15 is 0 Å². The fourth-order valence-electron chi connectivity index (χ4n) is 2.61. The summed E-state index contributed by atoms with van der Waals surface area (Å²) in [6.45, 7) is 4.26. The summed E-state index contributed by atoms with van der Waals surface area (Å²) < 4.78 is 0. The Kier molecular flexibility index (Phi) is 5.42. The molecule has 0 aromatic carbocycles. The van der Waals surface area contributed by atoms with Gasteiger partial charge in [-0.1, -0.05) is 11.6 Å². The molecule has 0 atom stereocenters. The molecule has 2 heterocycles. The maximum absolute atomic E-state index is 12.6. The number of amides is 1. The van der Waals surface area contributed by atoms with Crippen molar-refractivity contribution in [3.05, 3.63) is 22.8 Å². The van der Waals surface area contributed by atoms with Crippen LogP contribution in [0.15, 0.2) is 12.1 Å². The van der Waals surface area contributed by atoms with Gasteiger partial charge in [0.05, 0.1) is 5.02 Å². The lowest BCUT2D eigenvalue weighted by molar-refractivity contribution is 0.0658. The van der Waals surface area contributed by atoms with E-state index in [-0.39, 0.29) is 5.91 Å². The standard InChI is InChI=1S/C15H23ClN4O/c1-4-17-13-6-5-12(16)14(18-13)15(21)20-9-7-11(8-10-20)19(2)3/h5-6,11H,4,7-10H2,1-3H3,(H,17,18). The second-order valence-electron chi connectivity index (χ2n) is 5.54. The molecule has 1 amide bonds. The molecule has 0 aliphatic carbocycles. The molecule has 0 bridgehead atoms. The van der Waals surface area contributed by atoms with Crippen LogP contribution in [-0.4, -0.2) is 60.5 Å². The molecule has 0 unspecified atom stereocenters. The van der Waals surface area contributed by atoms with Crippen LogP contribution in [0.1, 0.15) is 30.3 Å². The quantitative estimate of drug-likeness (QED) is 0.927. The van der Waals surface area contributed by atoms with Crippen LogP contribution in [0.5, 0.6) is 0 Å². The van der Waals surface area contributed by atoms with Crippen LogP contribution in [0.4, 0.5) is 5.82 Å². The van der Waals surface area contributed by atoms with Gasteiger partial charge in [-0.25, -0.2) is 4.98 Å². The molecule has 1 aliphatic rings. The van der Waals surface area contributed by atoms with Crippen molar-refractivity contribution in [3.8, 4) is 0 Å². The van der Waals surface area contributed by atoms with Crippen molar-refractivity contribution in [2.24, 2.45) is 0 Å². The molecule has 1 saturated heterocycles. The lowest BCUT2D eigenvalue weighted by Gasteiger charge is -2.35. The van der Waals surface area contributed by atoms with Gasteiger partial charge in [0.25, 0.3) is 5.91 Å². The van der Waals surface area contributed by atoms with E-state index < -0.39 is 0 Å². The van der Waals surface area contributed by atoms with Gasteiger partial charge in [-0.2, -0.15) is 0 Å². The third kappa shape index (κ3) is 3.86. The summed E-state index contributed by atoms with van der Waals surface area (Å²) in [4.78, 5) is 21.0. The molecule has 0 saturated carbocycles. The Bertz CT molecular complexity index is 498. The van der Waals surface area contributed by atoms with Crippen LogP contribution in [0, 0.1) is 0 Å². The van der Waals surface area contributed by atoms with Crippen LogP contribution in [-0.2, 0) is 0 Å². The summed E-state index contributed by atoms with van der Waals surface area (Å²) >= 11 is 6.14. The molecule has 1 aromatic rings. The highest BCUT2D eigenvalue weighted by atomic mass is 35.5. The molecule has 1 N–H and O–H groups in total. The highest BCUT2D eigenvalue weighted by molar-refractivity contribution is 6.33. The highest BCUT2D eigenvalue weighted by Gasteiger charge is 2.26. The highest BCUT2D eigenvalue weighted by Crippen LogP contribution is 2.21. The second-order valence-corrected chi connectivity index (χ2v) is 5.95. The molecule has 2 rings (SSSR count). The molecular weight excluding hydrogens is 288 g/mol. The topological polar surface area (TPSA) is 48.5 Å². The van der Waals surface area contributed by atoms with Gasteiger partial charge in [0.2, 0.25) is 0 Å². The lowest BCUT2D eigenvalue weighted by Crippen LogP contribution is -2.44. The number of hydrogen-bond donors (Lipinski definition) is 1. The minimum atomic E-state index is -0.0723. The second kappa shape index (κ2) is 7.09. The fourth-order valence-corrected chi connectivity index (χ4v) is 2.79. The third-order valence-electron chi connectivity index (χ3n) is 3.89. The maximum atomic E-state index is 12.6. The molecule has 6 heteroatoms. The van der Waals surface area contributed by atoms with Gasteiger partial charge in [-0.15, -0.1) is 0 Å². The number of hydrogen-bond acceptors (Lipinski definition) is 4. The van der Waals surface area contributed by atoms with E-state index in [0.717, 1.165) is 32.5 Å². The Hall–Kier alpha value is -1.33. The average molecular weight is 311 g/mol. The molecule has 1 aliphatic heterocycles. The van der Waals surface area contributed by atoms with Crippen LogP contribution < -0.4 is 5.32 Å². The summed E-state index contributed by atoms with van der Waals surface area (Å²) in [7, 11) is 4.17. The fraction of sp³-hybridized carbons (Fsp3) is 0.600. The Morgan fingerprint density at radius 2 is 2.10 bits per heavy atom. The molecule has 116 valence electrons. The Morgan fingerprint density at radius 3 is 2.67 bits per heavy atom. The number of piperidine rings is 1. The van der Waals surface area contributed by atoms with Crippen LogP contribution in [0.3, 0.4) is 0 Å². The molecule has 0 spiro atoms. The summed E-state index contributed by atoms with van der Waals surface area (Å²) in [5.41, 5.74) is 0.346. The van der Waals surface area contributed by atoms with E-state index in [0.29, 0.717) is 22.6 Å². The van der Waals surface area contributed by atoms with Crippen molar-refractivity contribution >= 4 is 23.3 Å². The van der Waals surface area contributed by atoms with Crippen LogP contribution in [0.2, 0.25) is 5.02 Å². The number of carbonyl (C=O) groups is 1. The maximum Gasteiger partial charge on any atom is 0.274 e. The smallest absolute Gasteiger partial charge is 0.274 e. The average Bonchev–Trinajstić information content (AvgIpc) is 2.49. The van der Waals surface area contributed by atoms with E-state index in [2.05, 4.69) is 29.3 Å². The van der Waals surface area contributed by atoms with Crippen molar-refractivity contribution in [1.82, 2.24) is 14.8 Å². The van der Waals surface area contributed by atoms with E-state index in [1.807, 2.05) is 11.8 Å². The number of carbonyl (C=O) groups excluding carboxylic acids is 1. The first-order valence-electron chi connectivity index (χ1n) is 7.39. The molecule has 0 radical (unpaired) electrons. The zero-order valence-electron chi connectivity index (χ0n) is 12.9. The molecule has 1 aromatic heterocycles. The summed E-state index contributed by atoms with van der Waals surface area (Å²) in [5.74, 6) is 0.616. The number of anilines is 1. The number of aromatic nitrogens is 1. The van der Waals surface area contributed by atoms with Gasteiger partial charge < -0.3 is 15.1 Å². The van der Waals surface area contributed by atoms with Crippen LogP contribution >= 0.6 is 11.6 Å². The molecule has 5 nitrogen and oxygen atoms in total. The Morgan fingerprint density at radius 1 is 1.43 bits per heavy atom. The van der Waals surface area contributed by atoms with Gasteiger partial charge in [0.1, 0.15) is 11.5 Å². The van der Waals surface area contributed by atoms with Crippen molar-refractivity contribution in [3.63, 3.8) is 0 Å². The van der Waals surface area contributed by atoms with Crippen molar-refractivity contribution in [2.75, 3.05) is 39.0 Å². The third-order valence-corrected chi connectivity index (χ3v) is 4.19. The van der Waals surface area contributed by atoms with E-state index in [9.17, 15) is 4.79 Å². The van der Waals surface area contributed by atoms with Crippen molar-refractivity contribution in [2.45, 2.75) is 25.8 Å². The van der Waals surface area contributed by atoms with Gasteiger partial charge in [0, 0.05) is 25.7 Å². The first-order valence-corrected chi connectivity index (χ1v) is 7.76. The monoisotopic (exact) mass is 310 g/mol. The van der Waals surface area contributed by atoms with Gasteiger partial charge in [-0.05, 0) is 46.0 Å².